The molecular weight excluding hydrogens is 362 g/mol. The summed E-state index contributed by atoms with van der Waals surface area (Å²) in [5, 5.41) is 0. The van der Waals surface area contributed by atoms with Gasteiger partial charge in [0.25, 0.3) is 0 Å². The van der Waals surface area contributed by atoms with E-state index in [0.29, 0.717) is 0 Å². The zero-order valence-corrected chi connectivity index (χ0v) is 17.7. The van der Waals surface area contributed by atoms with E-state index < -0.39 is 0 Å². The van der Waals surface area contributed by atoms with Gasteiger partial charge in [0.2, 0.25) is 0 Å². The van der Waals surface area contributed by atoms with Crippen LogP contribution in [0.1, 0.15) is 36.1 Å². The summed E-state index contributed by atoms with van der Waals surface area (Å²) < 4.78 is 0. The fraction of sp³-hybridized carbons (Fsp3) is 0.172. The van der Waals surface area contributed by atoms with Crippen LogP contribution < -0.4 is 4.90 Å². The van der Waals surface area contributed by atoms with Crippen LogP contribution in [0.2, 0.25) is 0 Å². The van der Waals surface area contributed by atoms with Gasteiger partial charge in [-0.15, -0.1) is 0 Å². The van der Waals surface area contributed by atoms with E-state index >= 15 is 0 Å². The number of fused-ring (bicyclic) bond motifs is 3. The van der Waals surface area contributed by atoms with Crippen molar-refractivity contribution in [3.05, 3.63) is 125 Å². The van der Waals surface area contributed by atoms with Crippen molar-refractivity contribution in [3.63, 3.8) is 0 Å². The van der Waals surface area contributed by atoms with Crippen molar-refractivity contribution < 1.29 is 0 Å². The van der Waals surface area contributed by atoms with E-state index in [9.17, 15) is 0 Å². The third-order valence-corrected chi connectivity index (χ3v) is 6.56. The molecule has 0 N–H and O–H groups in total. The largest absolute Gasteiger partial charge is 0.372 e. The van der Waals surface area contributed by atoms with E-state index in [1.54, 1.807) is 0 Å². The van der Waals surface area contributed by atoms with Crippen molar-refractivity contribution in [1.82, 2.24) is 0 Å². The molecule has 0 amide bonds. The van der Waals surface area contributed by atoms with Crippen LogP contribution in [0.25, 0.3) is 11.1 Å². The molecule has 0 unspecified atom stereocenters. The van der Waals surface area contributed by atoms with E-state index in [4.69, 9.17) is 0 Å². The summed E-state index contributed by atoms with van der Waals surface area (Å²) >= 11 is 0. The van der Waals surface area contributed by atoms with Crippen LogP contribution in [-0.4, -0.2) is 13.1 Å². The highest BCUT2D eigenvalue weighted by Gasteiger charge is 2.46. The summed E-state index contributed by atoms with van der Waals surface area (Å²) in [5.41, 5.74) is 9.14. The lowest BCUT2D eigenvalue weighted by Crippen LogP contribution is -2.29. The van der Waals surface area contributed by atoms with Crippen molar-refractivity contribution in [3.8, 4) is 11.1 Å². The van der Waals surface area contributed by atoms with Gasteiger partial charge < -0.3 is 4.90 Å². The highest BCUT2D eigenvalue weighted by molar-refractivity contribution is 5.93. The van der Waals surface area contributed by atoms with Crippen LogP contribution in [-0.2, 0) is 5.41 Å². The lowest BCUT2D eigenvalue weighted by atomic mass is 9.68. The Balaban J connectivity index is 1.95. The first-order valence-corrected chi connectivity index (χ1v) is 10.9. The average Bonchev–Trinajstić information content (AvgIpc) is 3.13. The van der Waals surface area contributed by atoms with Crippen molar-refractivity contribution in [2.75, 3.05) is 18.0 Å². The Hall–Kier alpha value is -3.32. The minimum atomic E-state index is -0.308. The molecular formula is C29H27N. The van der Waals surface area contributed by atoms with Crippen molar-refractivity contribution in [2.24, 2.45) is 0 Å². The van der Waals surface area contributed by atoms with Gasteiger partial charge in [-0.2, -0.15) is 0 Å². The molecule has 0 spiro atoms. The van der Waals surface area contributed by atoms with Gasteiger partial charge in [0.1, 0.15) is 0 Å². The fourth-order valence-corrected chi connectivity index (χ4v) is 5.30. The second-order valence-corrected chi connectivity index (χ2v) is 7.90. The SMILES string of the molecule is CCN(CC)c1cccc2c1-c1ccccc1C2(c1ccccc1)c1ccccc1. The number of hydrogen-bond acceptors (Lipinski definition) is 1. The first-order valence-electron chi connectivity index (χ1n) is 10.9. The molecule has 0 aliphatic heterocycles. The predicted molar refractivity (Wildman–Crippen MR) is 127 cm³/mol. The van der Waals surface area contributed by atoms with Gasteiger partial charge in [-0.05, 0) is 47.7 Å². The predicted octanol–water partition coefficient (Wildman–Crippen LogP) is 6.90. The standard InChI is InChI=1S/C29H27N/c1-3-30(4-2)27-21-13-20-26-28(27)24-18-11-12-19-25(24)29(26,22-14-7-5-8-15-22)23-16-9-6-10-17-23/h5-21H,3-4H2,1-2H3. The summed E-state index contributed by atoms with van der Waals surface area (Å²) in [6, 6.07) is 37.8. The molecule has 0 heterocycles. The Morgan fingerprint density at radius 2 is 1.10 bits per heavy atom. The van der Waals surface area contributed by atoms with Crippen LogP contribution in [0.15, 0.2) is 103 Å². The third-order valence-electron chi connectivity index (χ3n) is 6.56. The summed E-state index contributed by atoms with van der Waals surface area (Å²) in [6.07, 6.45) is 0. The fourth-order valence-electron chi connectivity index (χ4n) is 5.30. The molecule has 1 heteroatoms. The molecule has 4 aromatic rings. The van der Waals surface area contributed by atoms with E-state index in [2.05, 4.69) is 122 Å². The van der Waals surface area contributed by atoms with Crippen molar-refractivity contribution >= 4 is 5.69 Å². The summed E-state index contributed by atoms with van der Waals surface area (Å²) in [4.78, 5) is 2.47. The summed E-state index contributed by atoms with van der Waals surface area (Å²) in [6.45, 7) is 6.48. The Morgan fingerprint density at radius 3 is 1.70 bits per heavy atom. The molecule has 1 nitrogen and oxygen atoms in total. The van der Waals surface area contributed by atoms with E-state index in [0.717, 1.165) is 13.1 Å². The van der Waals surface area contributed by atoms with Crippen LogP contribution in [0, 0.1) is 0 Å². The maximum absolute atomic E-state index is 2.47. The first-order chi connectivity index (χ1) is 14.8. The second-order valence-electron chi connectivity index (χ2n) is 7.90. The van der Waals surface area contributed by atoms with E-state index in [1.165, 1.54) is 39.1 Å². The van der Waals surface area contributed by atoms with E-state index in [1.807, 2.05) is 0 Å². The Kier molecular flexibility index (Phi) is 4.67. The number of rotatable bonds is 5. The first kappa shape index (κ1) is 18.7. The molecule has 0 saturated heterocycles. The lowest BCUT2D eigenvalue weighted by Gasteiger charge is -2.34. The maximum atomic E-state index is 2.47. The van der Waals surface area contributed by atoms with Gasteiger partial charge in [-0.25, -0.2) is 0 Å². The highest BCUT2D eigenvalue weighted by Crippen LogP contribution is 2.58. The summed E-state index contributed by atoms with van der Waals surface area (Å²) in [7, 11) is 0. The Morgan fingerprint density at radius 1 is 0.567 bits per heavy atom. The van der Waals surface area contributed by atoms with Crippen molar-refractivity contribution in [2.45, 2.75) is 19.3 Å². The molecule has 4 aromatic carbocycles. The molecule has 0 radical (unpaired) electrons. The Bertz CT molecular complexity index is 1120. The zero-order chi connectivity index (χ0) is 20.6. The average molecular weight is 390 g/mol. The molecule has 148 valence electrons. The lowest BCUT2D eigenvalue weighted by molar-refractivity contribution is 0.767. The van der Waals surface area contributed by atoms with Gasteiger partial charge in [0, 0.05) is 24.3 Å². The van der Waals surface area contributed by atoms with Gasteiger partial charge in [0.05, 0.1) is 5.41 Å². The minimum absolute atomic E-state index is 0.308. The monoisotopic (exact) mass is 389 g/mol. The van der Waals surface area contributed by atoms with E-state index in [-0.39, 0.29) is 5.41 Å². The smallest absolute Gasteiger partial charge is 0.0714 e. The quantitative estimate of drug-likeness (QED) is 0.316. The molecule has 5 rings (SSSR count). The van der Waals surface area contributed by atoms with Crippen LogP contribution in [0.5, 0.6) is 0 Å². The molecule has 0 aromatic heterocycles. The molecule has 1 aliphatic carbocycles. The molecule has 0 bridgehead atoms. The number of hydrogen-bond donors (Lipinski definition) is 0. The molecule has 1 aliphatic rings. The number of anilines is 1. The number of benzene rings is 4. The Labute approximate surface area is 179 Å². The topological polar surface area (TPSA) is 3.24 Å². The zero-order valence-electron chi connectivity index (χ0n) is 17.7. The third kappa shape index (κ3) is 2.55. The minimum Gasteiger partial charge on any atom is -0.372 e. The molecule has 0 saturated carbocycles. The van der Waals surface area contributed by atoms with Gasteiger partial charge >= 0.3 is 0 Å². The van der Waals surface area contributed by atoms with Gasteiger partial charge in [-0.3, -0.25) is 0 Å². The summed E-state index contributed by atoms with van der Waals surface area (Å²) in [5.74, 6) is 0. The normalized spacial score (nSPS) is 13.5. The number of nitrogens with zero attached hydrogens (tertiary/aromatic N) is 1. The maximum Gasteiger partial charge on any atom is 0.0714 e. The molecule has 30 heavy (non-hydrogen) atoms. The van der Waals surface area contributed by atoms with Crippen LogP contribution in [0.3, 0.4) is 0 Å². The van der Waals surface area contributed by atoms with Crippen LogP contribution in [0.4, 0.5) is 5.69 Å². The van der Waals surface area contributed by atoms with Crippen molar-refractivity contribution in [1.29, 1.82) is 0 Å². The molecule has 0 fully saturated rings. The van der Waals surface area contributed by atoms with Crippen LogP contribution >= 0.6 is 0 Å². The van der Waals surface area contributed by atoms with Gasteiger partial charge in [0.15, 0.2) is 0 Å². The molecule has 0 atom stereocenters. The second kappa shape index (κ2) is 7.50. The van der Waals surface area contributed by atoms with Gasteiger partial charge in [-0.1, -0.05) is 97.1 Å². The highest BCUT2D eigenvalue weighted by atomic mass is 15.1.